The number of nitrogens with one attached hydrogen (secondary N) is 3. The lowest BCUT2D eigenvalue weighted by Gasteiger charge is -2.12. The monoisotopic (exact) mass is 363 g/mol. The number of para-hydroxylation sites is 2. The molecule has 1 aromatic heterocycles. The van der Waals surface area contributed by atoms with Crippen molar-refractivity contribution in [1.82, 2.24) is 9.97 Å². The Morgan fingerprint density at radius 2 is 1.74 bits per heavy atom. The van der Waals surface area contributed by atoms with Crippen molar-refractivity contribution < 1.29 is 9.53 Å². The van der Waals surface area contributed by atoms with Crippen LogP contribution in [0, 0.1) is 6.92 Å². The van der Waals surface area contributed by atoms with Gasteiger partial charge in [0.15, 0.2) is 0 Å². The third kappa shape index (κ3) is 4.94. The van der Waals surface area contributed by atoms with E-state index in [1.54, 1.807) is 7.11 Å². The van der Waals surface area contributed by atoms with Crippen molar-refractivity contribution in [3.8, 4) is 5.75 Å². The van der Waals surface area contributed by atoms with E-state index in [0.29, 0.717) is 23.2 Å². The van der Waals surface area contributed by atoms with E-state index in [1.165, 1.54) is 6.92 Å². The van der Waals surface area contributed by atoms with Crippen LogP contribution in [0.5, 0.6) is 5.75 Å². The average Bonchev–Trinajstić information content (AvgIpc) is 2.61. The van der Waals surface area contributed by atoms with E-state index in [9.17, 15) is 4.79 Å². The largest absolute Gasteiger partial charge is 0.495 e. The number of rotatable bonds is 6. The van der Waals surface area contributed by atoms with Gasteiger partial charge in [0.1, 0.15) is 11.6 Å². The van der Waals surface area contributed by atoms with E-state index < -0.39 is 0 Å². The lowest BCUT2D eigenvalue weighted by atomic mass is 10.2. The van der Waals surface area contributed by atoms with Gasteiger partial charge in [0.25, 0.3) is 0 Å². The molecule has 0 spiro atoms. The summed E-state index contributed by atoms with van der Waals surface area (Å²) in [6.45, 7) is 3.37. The maximum atomic E-state index is 11.2. The molecule has 0 aliphatic heterocycles. The van der Waals surface area contributed by atoms with Gasteiger partial charge in [-0.1, -0.05) is 18.2 Å². The molecule has 3 aromatic rings. The Morgan fingerprint density at radius 3 is 2.52 bits per heavy atom. The van der Waals surface area contributed by atoms with Gasteiger partial charge >= 0.3 is 0 Å². The van der Waals surface area contributed by atoms with Gasteiger partial charge in [-0.2, -0.15) is 4.98 Å². The summed E-state index contributed by atoms with van der Waals surface area (Å²) in [6.07, 6.45) is 0. The number of amides is 1. The fraction of sp³-hybridized carbons (Fsp3) is 0.150. The Labute approximate surface area is 157 Å². The van der Waals surface area contributed by atoms with Crippen LogP contribution in [0.25, 0.3) is 0 Å². The lowest BCUT2D eigenvalue weighted by Crippen LogP contribution is -2.06. The van der Waals surface area contributed by atoms with E-state index in [2.05, 4.69) is 25.9 Å². The molecule has 27 heavy (non-hydrogen) atoms. The summed E-state index contributed by atoms with van der Waals surface area (Å²) >= 11 is 0. The van der Waals surface area contributed by atoms with Gasteiger partial charge in [-0.05, 0) is 37.3 Å². The highest BCUT2D eigenvalue weighted by atomic mass is 16.5. The molecule has 0 unspecified atom stereocenters. The summed E-state index contributed by atoms with van der Waals surface area (Å²) in [7, 11) is 1.62. The fourth-order valence-electron chi connectivity index (χ4n) is 2.58. The quantitative estimate of drug-likeness (QED) is 0.607. The molecule has 0 saturated carbocycles. The highest BCUT2D eigenvalue weighted by Crippen LogP contribution is 2.27. The SMILES string of the molecule is COc1ccccc1Nc1nc(C)cc(Nc2cccc(NC(C)=O)c2)n1. The van der Waals surface area contributed by atoms with Gasteiger partial charge in [0, 0.05) is 30.1 Å². The molecule has 3 N–H and O–H groups in total. The highest BCUT2D eigenvalue weighted by Gasteiger charge is 2.07. The van der Waals surface area contributed by atoms with Crippen molar-refractivity contribution in [2.45, 2.75) is 13.8 Å². The third-order valence-electron chi connectivity index (χ3n) is 3.66. The van der Waals surface area contributed by atoms with Crippen LogP contribution in [0.2, 0.25) is 0 Å². The van der Waals surface area contributed by atoms with E-state index >= 15 is 0 Å². The van der Waals surface area contributed by atoms with Gasteiger partial charge in [-0.3, -0.25) is 4.79 Å². The predicted molar refractivity (Wildman–Crippen MR) is 107 cm³/mol. The van der Waals surface area contributed by atoms with Crippen molar-refractivity contribution in [2.75, 3.05) is 23.1 Å². The maximum Gasteiger partial charge on any atom is 0.229 e. The molecule has 7 heteroatoms. The second kappa shape index (κ2) is 8.18. The summed E-state index contributed by atoms with van der Waals surface area (Å²) in [4.78, 5) is 20.2. The molecule has 138 valence electrons. The van der Waals surface area contributed by atoms with Crippen LogP contribution < -0.4 is 20.7 Å². The molecule has 0 radical (unpaired) electrons. The number of ether oxygens (including phenoxy) is 1. The summed E-state index contributed by atoms with van der Waals surface area (Å²) in [5.74, 6) is 1.69. The van der Waals surface area contributed by atoms with Crippen molar-refractivity contribution in [2.24, 2.45) is 0 Å². The third-order valence-corrected chi connectivity index (χ3v) is 3.66. The van der Waals surface area contributed by atoms with Crippen LogP contribution >= 0.6 is 0 Å². The Balaban J connectivity index is 1.82. The Kier molecular flexibility index (Phi) is 5.51. The molecule has 1 amide bonds. The van der Waals surface area contributed by atoms with Crippen LogP contribution in [0.1, 0.15) is 12.6 Å². The molecule has 2 aromatic carbocycles. The Morgan fingerprint density at radius 1 is 0.963 bits per heavy atom. The summed E-state index contributed by atoms with van der Waals surface area (Å²) in [6, 6.07) is 16.8. The first-order valence-electron chi connectivity index (χ1n) is 8.44. The molecule has 0 aliphatic rings. The van der Waals surface area contributed by atoms with Crippen molar-refractivity contribution in [1.29, 1.82) is 0 Å². The van der Waals surface area contributed by atoms with Crippen LogP contribution in [-0.2, 0) is 4.79 Å². The molecular weight excluding hydrogens is 342 g/mol. The first-order valence-corrected chi connectivity index (χ1v) is 8.44. The van der Waals surface area contributed by atoms with Crippen LogP contribution in [0.15, 0.2) is 54.6 Å². The number of hydrogen-bond donors (Lipinski definition) is 3. The minimum atomic E-state index is -0.117. The molecule has 3 rings (SSSR count). The van der Waals surface area contributed by atoms with Gasteiger partial charge in [0.05, 0.1) is 12.8 Å². The number of aromatic nitrogens is 2. The standard InChI is InChI=1S/C20H21N5O2/c1-13-11-19(23-16-8-6-7-15(12-16)22-14(2)26)25-20(21-13)24-17-9-4-5-10-18(17)27-3/h4-12H,1-3H3,(H,22,26)(H2,21,23,24,25). The van der Waals surface area contributed by atoms with E-state index in [1.807, 2.05) is 61.5 Å². The lowest BCUT2D eigenvalue weighted by molar-refractivity contribution is -0.114. The number of carbonyl (C=O) groups excluding carboxylic acids is 1. The first-order chi connectivity index (χ1) is 13.0. The molecule has 0 bridgehead atoms. The number of hydrogen-bond acceptors (Lipinski definition) is 6. The van der Waals surface area contributed by atoms with Gasteiger partial charge in [-0.25, -0.2) is 4.98 Å². The maximum absolute atomic E-state index is 11.2. The Hall–Kier alpha value is -3.61. The number of benzene rings is 2. The molecule has 0 atom stereocenters. The minimum absolute atomic E-state index is 0.117. The van der Waals surface area contributed by atoms with Crippen LogP contribution in [0.4, 0.5) is 28.8 Å². The van der Waals surface area contributed by atoms with Crippen molar-refractivity contribution >= 4 is 34.7 Å². The second-order valence-electron chi connectivity index (χ2n) is 5.93. The number of anilines is 5. The molecular formula is C20H21N5O2. The molecule has 0 saturated heterocycles. The number of methoxy groups -OCH3 is 1. The molecule has 0 aliphatic carbocycles. The number of nitrogens with zero attached hydrogens (tertiary/aromatic N) is 2. The van der Waals surface area contributed by atoms with E-state index in [0.717, 1.165) is 17.1 Å². The van der Waals surface area contributed by atoms with Crippen molar-refractivity contribution in [3.63, 3.8) is 0 Å². The zero-order valence-corrected chi connectivity index (χ0v) is 15.4. The summed E-state index contributed by atoms with van der Waals surface area (Å²) < 4.78 is 5.35. The summed E-state index contributed by atoms with van der Waals surface area (Å²) in [5, 5.41) is 9.18. The van der Waals surface area contributed by atoms with E-state index in [-0.39, 0.29) is 5.91 Å². The second-order valence-corrected chi connectivity index (χ2v) is 5.93. The number of aryl methyl sites for hydroxylation is 1. The van der Waals surface area contributed by atoms with Crippen molar-refractivity contribution in [3.05, 3.63) is 60.3 Å². The number of carbonyl (C=O) groups is 1. The minimum Gasteiger partial charge on any atom is -0.495 e. The first kappa shape index (κ1) is 18.2. The van der Waals surface area contributed by atoms with Crippen LogP contribution in [-0.4, -0.2) is 23.0 Å². The molecule has 0 fully saturated rings. The zero-order valence-electron chi connectivity index (χ0n) is 15.4. The molecule has 1 heterocycles. The zero-order chi connectivity index (χ0) is 19.2. The van der Waals surface area contributed by atoms with Crippen LogP contribution in [0.3, 0.4) is 0 Å². The van der Waals surface area contributed by atoms with Gasteiger partial charge in [-0.15, -0.1) is 0 Å². The van der Waals surface area contributed by atoms with E-state index in [4.69, 9.17) is 4.74 Å². The summed E-state index contributed by atoms with van der Waals surface area (Å²) in [5.41, 5.74) is 3.11. The topological polar surface area (TPSA) is 88.2 Å². The smallest absolute Gasteiger partial charge is 0.229 e. The van der Waals surface area contributed by atoms with Gasteiger partial charge < -0.3 is 20.7 Å². The van der Waals surface area contributed by atoms with Gasteiger partial charge in [0.2, 0.25) is 11.9 Å². The average molecular weight is 363 g/mol. The Bertz CT molecular complexity index is 959. The highest BCUT2D eigenvalue weighted by molar-refractivity contribution is 5.89. The fourth-order valence-corrected chi connectivity index (χ4v) is 2.58. The normalized spacial score (nSPS) is 10.2. The molecule has 7 nitrogen and oxygen atoms in total. The predicted octanol–water partition coefficient (Wildman–Crippen LogP) is 4.24.